The van der Waals surface area contributed by atoms with Gasteiger partial charge in [0, 0.05) is 24.8 Å². The molecule has 0 atom stereocenters. The van der Waals surface area contributed by atoms with Crippen LogP contribution in [0.2, 0.25) is 0 Å². The number of nitrogens with zero attached hydrogens (tertiary/aromatic N) is 1. The highest BCUT2D eigenvalue weighted by molar-refractivity contribution is 8.56. The SMILES string of the molecule is ClCCN(CCCl)B1SCCS1. The third kappa shape index (κ3) is 3.58. The van der Waals surface area contributed by atoms with Gasteiger partial charge in [-0.05, 0) is 11.5 Å². The summed E-state index contributed by atoms with van der Waals surface area (Å²) in [5.74, 6) is 3.93. The van der Waals surface area contributed by atoms with Crippen molar-refractivity contribution in [2.45, 2.75) is 0 Å². The van der Waals surface area contributed by atoms with Crippen molar-refractivity contribution in [2.75, 3.05) is 36.4 Å². The number of hydrogen-bond donors (Lipinski definition) is 0. The van der Waals surface area contributed by atoms with Crippen LogP contribution in [0.15, 0.2) is 0 Å². The van der Waals surface area contributed by atoms with Crippen LogP contribution in [-0.2, 0) is 0 Å². The molecule has 1 saturated heterocycles. The summed E-state index contributed by atoms with van der Waals surface area (Å²) in [5.41, 5.74) is 0. The molecule has 1 fully saturated rings. The second kappa shape index (κ2) is 6.71. The average molecular weight is 244 g/mol. The lowest BCUT2D eigenvalue weighted by Crippen LogP contribution is -2.36. The predicted molar refractivity (Wildman–Crippen MR) is 63.7 cm³/mol. The van der Waals surface area contributed by atoms with E-state index in [2.05, 4.69) is 4.81 Å². The molecule has 0 aliphatic carbocycles. The molecule has 6 heteroatoms. The fraction of sp³-hybridized carbons (Fsp3) is 1.00. The number of rotatable bonds is 5. The molecule has 12 heavy (non-hydrogen) atoms. The van der Waals surface area contributed by atoms with Crippen molar-refractivity contribution in [1.82, 2.24) is 4.81 Å². The largest absolute Gasteiger partial charge is 0.361 e. The van der Waals surface area contributed by atoms with Crippen molar-refractivity contribution in [3.63, 3.8) is 0 Å². The zero-order chi connectivity index (χ0) is 8.81. The maximum Gasteiger partial charge on any atom is 0.361 e. The lowest BCUT2D eigenvalue weighted by atomic mass is 10.2. The van der Waals surface area contributed by atoms with Gasteiger partial charge in [0.15, 0.2) is 0 Å². The molecule has 0 saturated carbocycles. The van der Waals surface area contributed by atoms with Gasteiger partial charge in [0.2, 0.25) is 0 Å². The minimum atomic E-state index is 0.600. The second-order valence-corrected chi connectivity index (χ2v) is 5.89. The molecule has 1 aliphatic heterocycles. The standard InChI is InChI=1S/C6H12BCl2NS2/c8-1-3-10(4-2-9)7-11-5-6-12-7/h1-6H2. The first-order valence-corrected chi connectivity index (χ1v) is 7.14. The van der Waals surface area contributed by atoms with Crippen molar-refractivity contribution in [3.8, 4) is 0 Å². The van der Waals surface area contributed by atoms with Gasteiger partial charge in [-0.25, -0.2) is 0 Å². The van der Waals surface area contributed by atoms with Crippen LogP contribution in [0.4, 0.5) is 0 Å². The third-order valence-corrected chi connectivity index (χ3v) is 5.11. The number of hydrogen-bond acceptors (Lipinski definition) is 3. The maximum absolute atomic E-state index is 5.71. The molecular formula is C6H12BCl2NS2. The summed E-state index contributed by atoms with van der Waals surface area (Å²) in [6.45, 7) is 1.91. The molecule has 1 aliphatic rings. The van der Waals surface area contributed by atoms with Gasteiger partial charge in [0.1, 0.15) is 0 Å². The summed E-state index contributed by atoms with van der Waals surface area (Å²) in [7, 11) is 0. The van der Waals surface area contributed by atoms with E-state index >= 15 is 0 Å². The Hall–Kier alpha value is 1.30. The van der Waals surface area contributed by atoms with Gasteiger partial charge in [-0.15, -0.1) is 23.2 Å². The maximum atomic E-state index is 5.71. The molecule has 0 amide bonds. The molecule has 70 valence electrons. The van der Waals surface area contributed by atoms with Crippen LogP contribution < -0.4 is 0 Å². The Balaban J connectivity index is 2.29. The van der Waals surface area contributed by atoms with Crippen LogP contribution in [0, 0.1) is 0 Å². The lowest BCUT2D eigenvalue weighted by molar-refractivity contribution is 0.505. The van der Waals surface area contributed by atoms with Gasteiger partial charge < -0.3 is 4.81 Å². The first kappa shape index (κ1) is 11.4. The second-order valence-electron chi connectivity index (χ2n) is 2.46. The highest BCUT2D eigenvalue weighted by atomic mass is 35.5. The lowest BCUT2D eigenvalue weighted by Gasteiger charge is -2.22. The van der Waals surface area contributed by atoms with Gasteiger partial charge in [-0.1, -0.05) is 0 Å². The molecule has 0 aromatic heterocycles. The van der Waals surface area contributed by atoms with Crippen LogP contribution in [-0.4, -0.2) is 46.6 Å². The van der Waals surface area contributed by atoms with E-state index in [1.54, 1.807) is 0 Å². The van der Waals surface area contributed by atoms with Gasteiger partial charge in [0.25, 0.3) is 0 Å². The van der Waals surface area contributed by atoms with E-state index < -0.39 is 0 Å². The Morgan fingerprint density at radius 2 is 1.58 bits per heavy atom. The number of alkyl halides is 2. The Labute approximate surface area is 92.8 Å². The monoisotopic (exact) mass is 243 g/mol. The Morgan fingerprint density at radius 3 is 2.00 bits per heavy atom. The summed E-state index contributed by atoms with van der Waals surface area (Å²) in [5, 5.41) is 0.600. The van der Waals surface area contributed by atoms with Gasteiger partial charge in [0.05, 0.1) is 0 Å². The van der Waals surface area contributed by atoms with E-state index in [0.717, 1.165) is 13.1 Å². The molecule has 1 nitrogen and oxygen atoms in total. The average Bonchev–Trinajstić information content (AvgIpc) is 2.56. The van der Waals surface area contributed by atoms with Crippen LogP contribution in [0.1, 0.15) is 0 Å². The van der Waals surface area contributed by atoms with Crippen molar-refractivity contribution in [2.24, 2.45) is 0 Å². The van der Waals surface area contributed by atoms with Gasteiger partial charge in [-0.2, -0.15) is 23.2 Å². The first-order chi connectivity index (χ1) is 5.88. The normalized spacial score (nSPS) is 17.8. The molecule has 0 radical (unpaired) electrons. The topological polar surface area (TPSA) is 3.24 Å². The summed E-state index contributed by atoms with van der Waals surface area (Å²) in [6, 6.07) is 0. The molecule has 1 heterocycles. The van der Waals surface area contributed by atoms with Crippen molar-refractivity contribution < 1.29 is 0 Å². The first-order valence-electron chi connectivity index (χ1n) is 3.97. The van der Waals surface area contributed by atoms with Crippen molar-refractivity contribution >= 4 is 51.8 Å². The van der Waals surface area contributed by atoms with E-state index in [-0.39, 0.29) is 0 Å². The van der Waals surface area contributed by atoms with Crippen LogP contribution in [0.25, 0.3) is 0 Å². The summed E-state index contributed by atoms with van der Waals surface area (Å²) < 4.78 is 0. The van der Waals surface area contributed by atoms with E-state index in [9.17, 15) is 0 Å². The zero-order valence-corrected chi connectivity index (χ0v) is 9.98. The van der Waals surface area contributed by atoms with Crippen molar-refractivity contribution in [1.29, 1.82) is 0 Å². The molecule has 0 N–H and O–H groups in total. The van der Waals surface area contributed by atoms with Gasteiger partial charge in [-0.3, -0.25) is 0 Å². The fourth-order valence-corrected chi connectivity index (χ4v) is 4.51. The Bertz CT molecular complexity index is 118. The highest BCUT2D eigenvalue weighted by Gasteiger charge is 2.27. The molecule has 0 bridgehead atoms. The molecule has 1 rings (SSSR count). The molecule has 0 aromatic carbocycles. The van der Waals surface area contributed by atoms with Crippen LogP contribution >= 0.6 is 46.4 Å². The Kier molecular flexibility index (Phi) is 6.37. The molecule has 0 spiro atoms. The fourth-order valence-electron chi connectivity index (χ4n) is 1.10. The molecular weight excluding hydrogens is 232 g/mol. The Morgan fingerprint density at radius 1 is 1.08 bits per heavy atom. The summed E-state index contributed by atoms with van der Waals surface area (Å²) in [6.07, 6.45) is 0. The third-order valence-electron chi connectivity index (χ3n) is 1.65. The van der Waals surface area contributed by atoms with E-state index in [4.69, 9.17) is 23.2 Å². The molecule has 0 aromatic rings. The van der Waals surface area contributed by atoms with E-state index in [1.165, 1.54) is 11.5 Å². The summed E-state index contributed by atoms with van der Waals surface area (Å²) in [4.78, 5) is 2.36. The number of halogens is 2. The van der Waals surface area contributed by atoms with E-state index in [0.29, 0.717) is 17.2 Å². The quantitative estimate of drug-likeness (QED) is 0.539. The van der Waals surface area contributed by atoms with Gasteiger partial charge >= 0.3 is 5.40 Å². The minimum absolute atomic E-state index is 0.600. The van der Waals surface area contributed by atoms with Crippen molar-refractivity contribution in [3.05, 3.63) is 0 Å². The zero-order valence-electron chi connectivity index (χ0n) is 6.84. The minimum Gasteiger partial charge on any atom is -0.321 e. The van der Waals surface area contributed by atoms with Crippen LogP contribution in [0.5, 0.6) is 0 Å². The van der Waals surface area contributed by atoms with Crippen LogP contribution in [0.3, 0.4) is 0 Å². The highest BCUT2D eigenvalue weighted by Crippen LogP contribution is 2.30. The summed E-state index contributed by atoms with van der Waals surface area (Å²) >= 11 is 15.4. The predicted octanol–water partition coefficient (Wildman–Crippen LogP) is 2.23. The molecule has 0 unspecified atom stereocenters. The van der Waals surface area contributed by atoms with E-state index in [1.807, 2.05) is 23.2 Å². The smallest absolute Gasteiger partial charge is 0.321 e.